The molecule has 0 saturated heterocycles. The Labute approximate surface area is 59.5 Å². The number of rotatable bonds is 1. The van der Waals surface area contributed by atoms with Gasteiger partial charge in [-0.25, -0.2) is 4.79 Å². The molecule has 0 fully saturated rings. The van der Waals surface area contributed by atoms with Gasteiger partial charge in [0.1, 0.15) is 5.76 Å². The third-order valence-corrected chi connectivity index (χ3v) is 1.06. The summed E-state index contributed by atoms with van der Waals surface area (Å²) in [4.78, 5) is 10.4. The van der Waals surface area contributed by atoms with Crippen molar-refractivity contribution in [2.75, 3.05) is 0 Å². The van der Waals surface area contributed by atoms with Gasteiger partial charge in [-0.2, -0.15) is 0 Å². The van der Waals surface area contributed by atoms with Crippen LogP contribution in [0.4, 0.5) is 0 Å². The Morgan fingerprint density at radius 2 is 2.30 bits per heavy atom. The fourth-order valence-electron chi connectivity index (χ4n) is 0.615. The summed E-state index contributed by atoms with van der Waals surface area (Å²) in [6.45, 7) is 1.90. The first-order valence-electron chi connectivity index (χ1n) is 3.06. The first kappa shape index (κ1) is 6.81. The van der Waals surface area contributed by atoms with Gasteiger partial charge in [0.25, 0.3) is 0 Å². The van der Waals surface area contributed by atoms with E-state index in [4.69, 9.17) is 4.74 Å². The van der Waals surface area contributed by atoms with Crippen LogP contribution in [0.15, 0.2) is 36.1 Å². The van der Waals surface area contributed by atoms with Gasteiger partial charge in [0, 0.05) is 6.08 Å². The zero-order valence-corrected chi connectivity index (χ0v) is 5.70. The van der Waals surface area contributed by atoms with E-state index in [2.05, 4.69) is 0 Å². The van der Waals surface area contributed by atoms with Crippen LogP contribution in [0.2, 0.25) is 0 Å². The molecule has 1 aliphatic heterocycles. The molecule has 0 aromatic heterocycles. The zero-order chi connectivity index (χ0) is 7.40. The van der Waals surface area contributed by atoms with Gasteiger partial charge in [0.05, 0.1) is 0 Å². The molecule has 0 aromatic carbocycles. The monoisotopic (exact) mass is 136 g/mol. The molecule has 1 aliphatic rings. The second-order valence-electron chi connectivity index (χ2n) is 1.85. The molecule has 0 radical (unpaired) electrons. The van der Waals surface area contributed by atoms with Crippen molar-refractivity contribution in [2.45, 2.75) is 6.92 Å². The molecule has 0 atom stereocenters. The van der Waals surface area contributed by atoms with Crippen molar-refractivity contribution < 1.29 is 9.53 Å². The van der Waals surface area contributed by atoms with Gasteiger partial charge < -0.3 is 4.74 Å². The van der Waals surface area contributed by atoms with E-state index in [0.717, 1.165) is 0 Å². The van der Waals surface area contributed by atoms with Crippen molar-refractivity contribution in [1.29, 1.82) is 0 Å². The standard InChI is InChI=1S/C8H8O2/c1-2-3-4-7-5-6-8(9)10-7/h2-6H,1H3/b3-2+,7-4-. The van der Waals surface area contributed by atoms with Crippen molar-refractivity contribution in [3.05, 3.63) is 36.1 Å². The van der Waals surface area contributed by atoms with Crippen LogP contribution in [-0.2, 0) is 9.53 Å². The summed E-state index contributed by atoms with van der Waals surface area (Å²) in [7, 11) is 0. The highest BCUT2D eigenvalue weighted by atomic mass is 16.5. The zero-order valence-electron chi connectivity index (χ0n) is 5.70. The van der Waals surface area contributed by atoms with Crippen molar-refractivity contribution in [1.82, 2.24) is 0 Å². The molecule has 0 amide bonds. The average Bonchev–Trinajstić information content (AvgIpc) is 2.31. The summed E-state index contributed by atoms with van der Waals surface area (Å²) >= 11 is 0. The molecule has 0 spiro atoms. The van der Waals surface area contributed by atoms with Crippen LogP contribution in [0.1, 0.15) is 6.92 Å². The maximum absolute atomic E-state index is 10.4. The molecule has 2 nitrogen and oxygen atoms in total. The number of carbonyl (C=O) groups is 1. The lowest BCUT2D eigenvalue weighted by atomic mass is 10.4. The molecule has 0 bridgehead atoms. The number of hydrogen-bond acceptors (Lipinski definition) is 2. The molecule has 1 rings (SSSR count). The molecular formula is C8H8O2. The van der Waals surface area contributed by atoms with Gasteiger partial charge in [-0.15, -0.1) is 0 Å². The maximum Gasteiger partial charge on any atom is 0.336 e. The van der Waals surface area contributed by atoms with E-state index in [9.17, 15) is 4.79 Å². The Morgan fingerprint density at radius 3 is 2.80 bits per heavy atom. The third kappa shape index (κ3) is 1.58. The molecule has 2 heteroatoms. The SMILES string of the molecule is C/C=C/C=C1/C=CC(=O)O1. The highest BCUT2D eigenvalue weighted by molar-refractivity contribution is 5.86. The number of allylic oxidation sites excluding steroid dienone is 4. The quantitative estimate of drug-likeness (QED) is 0.511. The summed E-state index contributed by atoms with van der Waals surface area (Å²) in [6, 6.07) is 0. The van der Waals surface area contributed by atoms with Crippen molar-refractivity contribution in [3.63, 3.8) is 0 Å². The smallest absolute Gasteiger partial charge is 0.336 e. The van der Waals surface area contributed by atoms with Crippen LogP contribution in [0.3, 0.4) is 0 Å². The Morgan fingerprint density at radius 1 is 1.50 bits per heavy atom. The molecule has 52 valence electrons. The van der Waals surface area contributed by atoms with E-state index in [1.54, 1.807) is 12.2 Å². The number of carbonyl (C=O) groups excluding carboxylic acids is 1. The van der Waals surface area contributed by atoms with Gasteiger partial charge in [-0.3, -0.25) is 0 Å². The predicted molar refractivity (Wildman–Crippen MR) is 38.1 cm³/mol. The maximum atomic E-state index is 10.4. The predicted octanol–water partition coefficient (Wildman–Crippen LogP) is 1.56. The molecular weight excluding hydrogens is 128 g/mol. The Kier molecular flexibility index (Phi) is 2.05. The van der Waals surface area contributed by atoms with Crippen molar-refractivity contribution >= 4 is 5.97 Å². The lowest BCUT2D eigenvalue weighted by Gasteiger charge is -1.90. The topological polar surface area (TPSA) is 26.3 Å². The Bertz CT molecular complexity index is 221. The van der Waals surface area contributed by atoms with E-state index in [1.807, 2.05) is 19.1 Å². The van der Waals surface area contributed by atoms with Gasteiger partial charge in [-0.1, -0.05) is 12.2 Å². The third-order valence-electron chi connectivity index (χ3n) is 1.06. The summed E-state index contributed by atoms with van der Waals surface area (Å²) in [6.07, 6.45) is 8.46. The summed E-state index contributed by atoms with van der Waals surface area (Å²) in [5.41, 5.74) is 0. The number of hydrogen-bond donors (Lipinski definition) is 0. The van der Waals surface area contributed by atoms with Gasteiger partial charge in [-0.05, 0) is 19.1 Å². The molecule has 0 aromatic rings. The van der Waals surface area contributed by atoms with E-state index in [0.29, 0.717) is 5.76 Å². The number of cyclic esters (lactones) is 1. The molecule has 0 N–H and O–H groups in total. The number of esters is 1. The van der Waals surface area contributed by atoms with Gasteiger partial charge >= 0.3 is 5.97 Å². The van der Waals surface area contributed by atoms with Crippen LogP contribution in [-0.4, -0.2) is 5.97 Å². The first-order valence-corrected chi connectivity index (χ1v) is 3.06. The van der Waals surface area contributed by atoms with E-state index < -0.39 is 0 Å². The van der Waals surface area contributed by atoms with Crippen molar-refractivity contribution in [3.8, 4) is 0 Å². The molecule has 0 saturated carbocycles. The average molecular weight is 136 g/mol. The van der Waals surface area contributed by atoms with Crippen LogP contribution < -0.4 is 0 Å². The van der Waals surface area contributed by atoms with Crippen LogP contribution in [0.25, 0.3) is 0 Å². The lowest BCUT2D eigenvalue weighted by molar-refractivity contribution is -0.132. The van der Waals surface area contributed by atoms with Crippen LogP contribution in [0.5, 0.6) is 0 Å². The largest absolute Gasteiger partial charge is 0.423 e. The van der Waals surface area contributed by atoms with E-state index in [-0.39, 0.29) is 5.97 Å². The highest BCUT2D eigenvalue weighted by Gasteiger charge is 2.06. The molecule has 1 heterocycles. The lowest BCUT2D eigenvalue weighted by Crippen LogP contribution is -1.89. The van der Waals surface area contributed by atoms with Crippen LogP contribution in [0, 0.1) is 0 Å². The minimum atomic E-state index is -0.296. The first-order chi connectivity index (χ1) is 4.83. The molecule has 0 unspecified atom stereocenters. The van der Waals surface area contributed by atoms with E-state index >= 15 is 0 Å². The summed E-state index contributed by atoms with van der Waals surface area (Å²) in [5.74, 6) is 0.304. The minimum absolute atomic E-state index is 0.296. The van der Waals surface area contributed by atoms with Crippen LogP contribution >= 0.6 is 0 Å². The second kappa shape index (κ2) is 3.01. The fraction of sp³-hybridized carbons (Fsp3) is 0.125. The van der Waals surface area contributed by atoms with Crippen molar-refractivity contribution in [2.24, 2.45) is 0 Å². The summed E-state index contributed by atoms with van der Waals surface area (Å²) in [5, 5.41) is 0. The van der Waals surface area contributed by atoms with Gasteiger partial charge in [0.2, 0.25) is 0 Å². The Balaban J connectivity index is 2.61. The number of ether oxygens (including phenoxy) is 1. The normalized spacial score (nSPS) is 20.9. The molecule has 0 aliphatic carbocycles. The Hall–Kier alpha value is -1.31. The van der Waals surface area contributed by atoms with E-state index in [1.165, 1.54) is 6.08 Å². The second-order valence-corrected chi connectivity index (χ2v) is 1.85. The molecule has 10 heavy (non-hydrogen) atoms. The minimum Gasteiger partial charge on any atom is -0.423 e. The van der Waals surface area contributed by atoms with Gasteiger partial charge in [0.15, 0.2) is 0 Å². The highest BCUT2D eigenvalue weighted by Crippen LogP contribution is 2.08. The fourth-order valence-corrected chi connectivity index (χ4v) is 0.615. The summed E-state index contributed by atoms with van der Waals surface area (Å²) < 4.78 is 4.72.